The lowest BCUT2D eigenvalue weighted by molar-refractivity contribution is 0.269. The van der Waals surface area contributed by atoms with Gasteiger partial charge in [0.1, 0.15) is 0 Å². The zero-order chi connectivity index (χ0) is 12.6. The van der Waals surface area contributed by atoms with Gasteiger partial charge in [0.15, 0.2) is 14.9 Å². The summed E-state index contributed by atoms with van der Waals surface area (Å²) in [5.74, 6) is 0.252. The number of hydrogen-bond donors (Lipinski definition) is 0. The zero-order valence-electron chi connectivity index (χ0n) is 9.26. The molecule has 1 aliphatic carbocycles. The van der Waals surface area contributed by atoms with Crippen molar-refractivity contribution in [2.75, 3.05) is 24.9 Å². The maximum Gasteiger partial charge on any atom is 0.228 e. The molecule has 0 aliphatic heterocycles. The monoisotopic (exact) mass is 289 g/mol. The molecule has 0 radical (unpaired) electrons. The molecule has 1 rings (SSSR count). The molecule has 0 bridgehead atoms. The Bertz CT molecular complexity index is 439. The predicted molar refractivity (Wildman–Crippen MR) is 63.6 cm³/mol. The van der Waals surface area contributed by atoms with Crippen LogP contribution in [0.5, 0.6) is 0 Å². The molecule has 8 heteroatoms. The molecule has 0 atom stereocenters. The summed E-state index contributed by atoms with van der Waals surface area (Å²) in [6.07, 6.45) is 2.50. The van der Waals surface area contributed by atoms with Crippen LogP contribution in [-0.4, -0.2) is 51.5 Å². The lowest BCUT2D eigenvalue weighted by Crippen LogP contribution is -2.39. The van der Waals surface area contributed by atoms with E-state index < -0.39 is 24.9 Å². The van der Waals surface area contributed by atoms with E-state index in [1.807, 2.05) is 0 Å². The Hall–Kier alpha value is 0.150. The van der Waals surface area contributed by atoms with Gasteiger partial charge in [-0.1, -0.05) is 0 Å². The average molecular weight is 290 g/mol. The molecule has 0 unspecified atom stereocenters. The second-order valence-electron chi connectivity index (χ2n) is 4.37. The summed E-state index contributed by atoms with van der Waals surface area (Å²) in [6, 6.07) is 0. The van der Waals surface area contributed by atoms with Crippen molar-refractivity contribution < 1.29 is 16.8 Å². The first-order chi connectivity index (χ1) is 7.10. The minimum Gasteiger partial charge on any atom is -0.228 e. The van der Waals surface area contributed by atoms with Gasteiger partial charge in [-0.2, -0.15) is 0 Å². The van der Waals surface area contributed by atoms with Gasteiger partial charge in [0.05, 0.1) is 0 Å². The van der Waals surface area contributed by atoms with Crippen molar-refractivity contribution in [2.24, 2.45) is 5.92 Å². The number of sulfonamides is 1. The summed E-state index contributed by atoms with van der Waals surface area (Å²) in [5, 5.41) is -0.691. The maximum atomic E-state index is 11.6. The molecule has 0 aromatic carbocycles. The topological polar surface area (TPSA) is 71.5 Å². The van der Waals surface area contributed by atoms with E-state index in [1.165, 1.54) is 7.05 Å². The van der Waals surface area contributed by atoms with Crippen molar-refractivity contribution in [3.8, 4) is 0 Å². The van der Waals surface area contributed by atoms with Gasteiger partial charge in [-0.15, -0.1) is 11.6 Å². The minimum absolute atomic E-state index is 0.135. The Balaban J connectivity index is 2.56. The summed E-state index contributed by atoms with van der Waals surface area (Å²) in [5.41, 5.74) is 0. The minimum atomic E-state index is -3.70. The quantitative estimate of drug-likeness (QED) is 0.681. The van der Waals surface area contributed by atoms with Gasteiger partial charge >= 0.3 is 0 Å². The summed E-state index contributed by atoms with van der Waals surface area (Å²) in [7, 11) is -5.82. The molecule has 0 saturated heterocycles. The first-order valence-electron chi connectivity index (χ1n) is 4.86. The van der Waals surface area contributed by atoms with Crippen LogP contribution in [0.15, 0.2) is 0 Å². The third-order valence-electron chi connectivity index (χ3n) is 2.53. The van der Waals surface area contributed by atoms with E-state index in [9.17, 15) is 16.8 Å². The SMILES string of the molecule is CN(CC1CC(Cl)C1)S(=O)(=O)CS(C)(=O)=O. The average Bonchev–Trinajstić information content (AvgIpc) is 1.96. The Morgan fingerprint density at radius 1 is 1.25 bits per heavy atom. The van der Waals surface area contributed by atoms with Gasteiger partial charge in [-0.3, -0.25) is 0 Å². The molecular weight excluding hydrogens is 274 g/mol. The van der Waals surface area contributed by atoms with E-state index in [-0.39, 0.29) is 11.3 Å². The van der Waals surface area contributed by atoms with Crippen molar-refractivity contribution in [1.29, 1.82) is 0 Å². The third kappa shape index (κ3) is 4.20. The molecule has 0 aromatic heterocycles. The molecule has 0 spiro atoms. The molecule has 0 amide bonds. The first-order valence-corrected chi connectivity index (χ1v) is 8.96. The van der Waals surface area contributed by atoms with Gasteiger partial charge in [0.2, 0.25) is 10.0 Å². The smallest absolute Gasteiger partial charge is 0.228 e. The molecular formula is C8H16ClNO4S2. The van der Waals surface area contributed by atoms with E-state index in [2.05, 4.69) is 0 Å². The molecule has 5 nitrogen and oxygen atoms in total. The molecule has 1 aliphatic rings. The largest absolute Gasteiger partial charge is 0.228 e. The summed E-state index contributed by atoms with van der Waals surface area (Å²) in [6.45, 7) is 0.348. The standard InChI is InChI=1S/C8H16ClNO4S2/c1-10(5-7-3-8(9)4-7)16(13,14)6-15(2,11)12/h7-8H,3-6H2,1-2H3. The summed E-state index contributed by atoms with van der Waals surface area (Å²) in [4.78, 5) is 0. The summed E-state index contributed by atoms with van der Waals surface area (Å²) >= 11 is 5.78. The van der Waals surface area contributed by atoms with Crippen LogP contribution in [0, 0.1) is 5.92 Å². The Morgan fingerprint density at radius 3 is 2.12 bits per heavy atom. The van der Waals surface area contributed by atoms with E-state index in [0.29, 0.717) is 6.54 Å². The van der Waals surface area contributed by atoms with Crippen LogP contribution in [0.1, 0.15) is 12.8 Å². The van der Waals surface area contributed by atoms with Crippen LogP contribution in [0.3, 0.4) is 0 Å². The third-order valence-corrected chi connectivity index (χ3v) is 6.89. The molecule has 0 aromatic rings. The van der Waals surface area contributed by atoms with Gasteiger partial charge in [-0.05, 0) is 18.8 Å². The Kier molecular flexibility index (Phi) is 4.26. The van der Waals surface area contributed by atoms with Crippen molar-refractivity contribution in [3.05, 3.63) is 0 Å². The fourth-order valence-corrected chi connectivity index (χ4v) is 5.47. The van der Waals surface area contributed by atoms with E-state index in [4.69, 9.17) is 11.6 Å². The number of nitrogens with zero attached hydrogens (tertiary/aromatic N) is 1. The highest BCUT2D eigenvalue weighted by atomic mass is 35.5. The van der Waals surface area contributed by atoms with Crippen LogP contribution in [0.2, 0.25) is 0 Å². The molecule has 1 fully saturated rings. The highest BCUT2D eigenvalue weighted by molar-refractivity contribution is 8.06. The lowest BCUT2D eigenvalue weighted by Gasteiger charge is -2.33. The zero-order valence-corrected chi connectivity index (χ0v) is 11.6. The number of sulfone groups is 1. The van der Waals surface area contributed by atoms with Crippen molar-refractivity contribution in [3.63, 3.8) is 0 Å². The maximum absolute atomic E-state index is 11.6. The van der Waals surface area contributed by atoms with E-state index in [1.54, 1.807) is 0 Å². The second kappa shape index (κ2) is 4.80. The highest BCUT2D eigenvalue weighted by Gasteiger charge is 2.32. The van der Waals surface area contributed by atoms with Crippen LogP contribution >= 0.6 is 11.6 Å². The van der Waals surface area contributed by atoms with Crippen LogP contribution < -0.4 is 0 Å². The van der Waals surface area contributed by atoms with Gasteiger partial charge in [0, 0.05) is 25.2 Å². The molecule has 16 heavy (non-hydrogen) atoms. The molecule has 0 heterocycles. The second-order valence-corrected chi connectivity index (χ2v) is 9.57. The fourth-order valence-electron chi connectivity index (χ4n) is 1.64. The first kappa shape index (κ1) is 14.2. The number of halogens is 1. The fraction of sp³-hybridized carbons (Fsp3) is 1.00. The van der Waals surface area contributed by atoms with Gasteiger partial charge < -0.3 is 0 Å². The van der Waals surface area contributed by atoms with E-state index in [0.717, 1.165) is 23.4 Å². The van der Waals surface area contributed by atoms with Gasteiger partial charge in [0.25, 0.3) is 0 Å². The Morgan fingerprint density at radius 2 is 1.75 bits per heavy atom. The van der Waals surface area contributed by atoms with Crippen molar-refractivity contribution in [1.82, 2.24) is 4.31 Å². The van der Waals surface area contributed by atoms with Crippen LogP contribution in [0.4, 0.5) is 0 Å². The van der Waals surface area contributed by atoms with Gasteiger partial charge in [-0.25, -0.2) is 21.1 Å². The summed E-state index contributed by atoms with van der Waals surface area (Å²) < 4.78 is 46.2. The van der Waals surface area contributed by atoms with Crippen molar-refractivity contribution >= 4 is 31.5 Å². The lowest BCUT2D eigenvalue weighted by atomic mass is 9.85. The van der Waals surface area contributed by atoms with E-state index >= 15 is 0 Å². The normalized spacial score (nSPS) is 26.8. The van der Waals surface area contributed by atoms with Crippen LogP contribution in [0.25, 0.3) is 0 Å². The number of hydrogen-bond acceptors (Lipinski definition) is 4. The highest BCUT2D eigenvalue weighted by Crippen LogP contribution is 2.32. The number of rotatable bonds is 5. The molecule has 0 N–H and O–H groups in total. The van der Waals surface area contributed by atoms with Crippen LogP contribution in [-0.2, 0) is 19.9 Å². The predicted octanol–water partition coefficient (Wildman–Crippen LogP) is 0.268. The number of alkyl halides is 1. The van der Waals surface area contributed by atoms with Crippen molar-refractivity contribution in [2.45, 2.75) is 18.2 Å². The molecule has 96 valence electrons. The molecule has 1 saturated carbocycles. The Labute approximate surface area is 102 Å².